The maximum atomic E-state index is 12.0. The molecule has 4 rings (SSSR count). The van der Waals surface area contributed by atoms with Gasteiger partial charge in [0.15, 0.2) is 6.61 Å². The highest BCUT2D eigenvalue weighted by Gasteiger charge is 2.10. The van der Waals surface area contributed by atoms with Crippen molar-refractivity contribution in [3.05, 3.63) is 78.3 Å². The van der Waals surface area contributed by atoms with Gasteiger partial charge in [-0.15, -0.1) is 0 Å². The van der Waals surface area contributed by atoms with E-state index in [2.05, 4.69) is 15.1 Å². The lowest BCUT2D eigenvalue weighted by molar-refractivity contribution is -0.139. The van der Waals surface area contributed by atoms with E-state index >= 15 is 0 Å². The molecular weight excluding hydrogens is 370 g/mol. The summed E-state index contributed by atoms with van der Waals surface area (Å²) < 4.78 is 15.5. The van der Waals surface area contributed by atoms with Gasteiger partial charge in [-0.05, 0) is 36.4 Å². The summed E-state index contributed by atoms with van der Waals surface area (Å²) in [5.74, 6) is 0.852. The first-order valence-electron chi connectivity index (χ1n) is 8.88. The van der Waals surface area contributed by atoms with Crippen LogP contribution in [0, 0.1) is 0 Å². The van der Waals surface area contributed by atoms with E-state index in [4.69, 9.17) is 14.0 Å². The second-order valence-electron chi connectivity index (χ2n) is 6.11. The summed E-state index contributed by atoms with van der Waals surface area (Å²) in [7, 11) is 1.60. The van der Waals surface area contributed by atoms with Crippen molar-refractivity contribution < 1.29 is 18.8 Å². The van der Waals surface area contributed by atoms with Crippen LogP contribution in [0.3, 0.4) is 0 Å². The van der Waals surface area contributed by atoms with Crippen molar-refractivity contribution in [3.8, 4) is 17.2 Å². The fourth-order valence-electron chi connectivity index (χ4n) is 2.77. The Bertz CT molecular complexity index is 1160. The molecule has 7 heteroatoms. The molecule has 0 unspecified atom stereocenters. The van der Waals surface area contributed by atoms with Crippen molar-refractivity contribution in [2.75, 3.05) is 7.11 Å². The van der Waals surface area contributed by atoms with E-state index < -0.39 is 5.97 Å². The number of para-hydroxylation sites is 1. The van der Waals surface area contributed by atoms with Gasteiger partial charge >= 0.3 is 5.97 Å². The normalized spacial score (nSPS) is 11.1. The standard InChI is InChI=1S/C22H17N3O4/c1-27-18-10-7-17(8-11-18)22-24-19(25-29-22)14-28-20(26)12-9-16-5-2-4-15-6-3-13-23-21(15)16/h2-13H,14H2,1H3/b12-9+. The van der Waals surface area contributed by atoms with Gasteiger partial charge in [0.05, 0.1) is 12.6 Å². The molecule has 0 amide bonds. The fourth-order valence-corrected chi connectivity index (χ4v) is 2.77. The summed E-state index contributed by atoms with van der Waals surface area (Å²) in [4.78, 5) is 20.6. The van der Waals surface area contributed by atoms with Crippen LogP contribution in [-0.4, -0.2) is 28.2 Å². The van der Waals surface area contributed by atoms with Crippen molar-refractivity contribution in [1.82, 2.24) is 15.1 Å². The molecule has 0 fully saturated rings. The van der Waals surface area contributed by atoms with E-state index in [1.165, 1.54) is 6.08 Å². The number of ether oxygens (including phenoxy) is 2. The molecule has 7 nitrogen and oxygen atoms in total. The summed E-state index contributed by atoms with van der Waals surface area (Å²) in [5.41, 5.74) is 2.40. The minimum absolute atomic E-state index is 0.0867. The Morgan fingerprint density at radius 2 is 1.93 bits per heavy atom. The molecule has 0 aliphatic rings. The van der Waals surface area contributed by atoms with Gasteiger partial charge in [-0.25, -0.2) is 4.79 Å². The van der Waals surface area contributed by atoms with E-state index in [-0.39, 0.29) is 12.4 Å². The van der Waals surface area contributed by atoms with Gasteiger partial charge in [-0.2, -0.15) is 4.98 Å². The van der Waals surface area contributed by atoms with Crippen LogP contribution in [0.1, 0.15) is 11.4 Å². The molecule has 0 N–H and O–H groups in total. The predicted octanol–water partition coefficient (Wildman–Crippen LogP) is 4.05. The monoisotopic (exact) mass is 387 g/mol. The van der Waals surface area contributed by atoms with Gasteiger partial charge in [0.1, 0.15) is 5.75 Å². The number of hydrogen-bond donors (Lipinski definition) is 0. The molecule has 0 spiro atoms. The van der Waals surface area contributed by atoms with E-state index in [0.717, 1.165) is 27.8 Å². The van der Waals surface area contributed by atoms with Crippen LogP contribution >= 0.6 is 0 Å². The third kappa shape index (κ3) is 4.30. The summed E-state index contributed by atoms with van der Waals surface area (Å²) in [5, 5.41) is 4.84. The Labute approximate surface area is 166 Å². The number of aromatic nitrogens is 3. The number of pyridine rings is 1. The average molecular weight is 387 g/mol. The van der Waals surface area contributed by atoms with Crippen molar-refractivity contribution in [2.45, 2.75) is 6.61 Å². The SMILES string of the molecule is COc1ccc(-c2nc(COC(=O)/C=C/c3cccc4cccnc34)no2)cc1. The predicted molar refractivity (Wildman–Crippen MR) is 107 cm³/mol. The lowest BCUT2D eigenvalue weighted by Gasteiger charge is -2.01. The first kappa shape index (κ1) is 18.4. The zero-order valence-corrected chi connectivity index (χ0v) is 15.6. The Kier molecular flexibility index (Phi) is 5.29. The van der Waals surface area contributed by atoms with Crippen LogP contribution in [0.15, 0.2) is 71.4 Å². The zero-order chi connectivity index (χ0) is 20.1. The van der Waals surface area contributed by atoms with Crippen molar-refractivity contribution in [1.29, 1.82) is 0 Å². The minimum atomic E-state index is -0.506. The summed E-state index contributed by atoms with van der Waals surface area (Å²) in [6, 6.07) is 16.8. The zero-order valence-electron chi connectivity index (χ0n) is 15.6. The van der Waals surface area contributed by atoms with Crippen LogP contribution in [0.4, 0.5) is 0 Å². The molecule has 0 radical (unpaired) electrons. The number of benzene rings is 2. The highest BCUT2D eigenvalue weighted by atomic mass is 16.5. The van der Waals surface area contributed by atoms with Crippen LogP contribution < -0.4 is 4.74 Å². The molecule has 4 aromatic rings. The number of rotatable bonds is 6. The molecule has 0 bridgehead atoms. The van der Waals surface area contributed by atoms with Crippen LogP contribution in [-0.2, 0) is 16.1 Å². The second kappa shape index (κ2) is 8.35. The molecule has 2 aromatic carbocycles. The Balaban J connectivity index is 1.38. The molecule has 0 aliphatic carbocycles. The lowest BCUT2D eigenvalue weighted by atomic mass is 10.1. The largest absolute Gasteiger partial charge is 0.497 e. The minimum Gasteiger partial charge on any atom is -0.497 e. The molecule has 0 saturated heterocycles. The summed E-state index contributed by atoms with van der Waals surface area (Å²) in [6.07, 6.45) is 4.75. The summed E-state index contributed by atoms with van der Waals surface area (Å²) in [6.45, 7) is -0.0867. The molecule has 144 valence electrons. The van der Waals surface area contributed by atoms with Gasteiger partial charge in [0.2, 0.25) is 5.82 Å². The number of methoxy groups -OCH3 is 1. The number of fused-ring (bicyclic) bond motifs is 1. The maximum absolute atomic E-state index is 12.0. The fraction of sp³-hybridized carbons (Fsp3) is 0.0909. The number of hydrogen-bond acceptors (Lipinski definition) is 7. The average Bonchev–Trinajstić information content (AvgIpc) is 3.25. The van der Waals surface area contributed by atoms with Crippen LogP contribution in [0.25, 0.3) is 28.4 Å². The second-order valence-corrected chi connectivity index (χ2v) is 6.11. The molecular formula is C22H17N3O4. The molecule has 2 aromatic heterocycles. The van der Waals surface area contributed by atoms with Gasteiger partial charge in [-0.1, -0.05) is 29.4 Å². The smallest absolute Gasteiger partial charge is 0.331 e. The number of nitrogens with zero attached hydrogens (tertiary/aromatic N) is 3. The van der Waals surface area contributed by atoms with Gasteiger partial charge in [0.25, 0.3) is 5.89 Å². The summed E-state index contributed by atoms with van der Waals surface area (Å²) >= 11 is 0. The van der Waals surface area contributed by atoms with E-state index in [0.29, 0.717) is 5.89 Å². The molecule has 0 atom stereocenters. The Hall–Kier alpha value is -4.00. The number of carbonyl (C=O) groups is 1. The Morgan fingerprint density at radius 1 is 1.10 bits per heavy atom. The quantitative estimate of drug-likeness (QED) is 0.364. The van der Waals surface area contributed by atoms with Gasteiger partial charge in [0, 0.05) is 28.8 Å². The Morgan fingerprint density at radius 3 is 2.76 bits per heavy atom. The first-order chi connectivity index (χ1) is 14.2. The highest BCUT2D eigenvalue weighted by molar-refractivity contribution is 5.92. The van der Waals surface area contributed by atoms with E-state index in [1.807, 2.05) is 42.5 Å². The molecule has 29 heavy (non-hydrogen) atoms. The van der Waals surface area contributed by atoms with Crippen LogP contribution in [0.5, 0.6) is 5.75 Å². The van der Waals surface area contributed by atoms with Gasteiger partial charge in [-0.3, -0.25) is 4.98 Å². The maximum Gasteiger partial charge on any atom is 0.331 e. The van der Waals surface area contributed by atoms with Crippen molar-refractivity contribution in [3.63, 3.8) is 0 Å². The lowest BCUT2D eigenvalue weighted by Crippen LogP contribution is -2.02. The van der Waals surface area contributed by atoms with E-state index in [9.17, 15) is 4.79 Å². The van der Waals surface area contributed by atoms with Crippen LogP contribution in [0.2, 0.25) is 0 Å². The molecule has 2 heterocycles. The first-order valence-corrected chi connectivity index (χ1v) is 8.88. The number of carbonyl (C=O) groups excluding carboxylic acids is 1. The third-order valence-electron chi connectivity index (χ3n) is 4.21. The highest BCUT2D eigenvalue weighted by Crippen LogP contribution is 2.21. The van der Waals surface area contributed by atoms with Crippen molar-refractivity contribution >= 4 is 22.9 Å². The van der Waals surface area contributed by atoms with Gasteiger partial charge < -0.3 is 14.0 Å². The number of esters is 1. The third-order valence-corrected chi connectivity index (χ3v) is 4.21. The van der Waals surface area contributed by atoms with E-state index in [1.54, 1.807) is 31.5 Å². The molecule has 0 saturated carbocycles. The molecule has 0 aliphatic heterocycles. The van der Waals surface area contributed by atoms with Crippen molar-refractivity contribution in [2.24, 2.45) is 0 Å². The topological polar surface area (TPSA) is 87.3 Å².